The Bertz CT molecular complexity index is 1260. The summed E-state index contributed by atoms with van der Waals surface area (Å²) in [6.45, 7) is 12.1. The molecule has 4 heterocycles. The van der Waals surface area contributed by atoms with Gasteiger partial charge in [-0.05, 0) is 71.1 Å². The van der Waals surface area contributed by atoms with Crippen LogP contribution in [0.2, 0.25) is 6.04 Å². The first-order valence-electron chi connectivity index (χ1n) is 12.3. The van der Waals surface area contributed by atoms with E-state index < -0.39 is 8.80 Å². The van der Waals surface area contributed by atoms with Gasteiger partial charge in [0.1, 0.15) is 16.7 Å². The predicted octanol–water partition coefficient (Wildman–Crippen LogP) is 7.83. The first-order valence-corrected chi connectivity index (χ1v) is 17.7. The molecule has 0 aromatic carbocycles. The molecule has 0 aliphatic carbocycles. The van der Waals surface area contributed by atoms with Gasteiger partial charge in [0.25, 0.3) is 0 Å². The summed E-state index contributed by atoms with van der Waals surface area (Å²) >= 11 is 6.70. The third-order valence-corrected chi connectivity index (χ3v) is 12.3. The number of fused-ring (bicyclic) bond motifs is 1. The van der Waals surface area contributed by atoms with E-state index in [9.17, 15) is 0 Å². The first-order chi connectivity index (χ1) is 17.5. The summed E-state index contributed by atoms with van der Waals surface area (Å²) in [7, 11) is -2.61. The predicted molar refractivity (Wildman–Crippen MR) is 158 cm³/mol. The zero-order valence-electron chi connectivity index (χ0n) is 21.5. The number of hydrogen-bond acceptors (Lipinski definition) is 10. The summed E-state index contributed by atoms with van der Waals surface area (Å²) in [4.78, 5) is 10.1. The molecule has 0 bridgehead atoms. The highest BCUT2D eigenvalue weighted by Crippen LogP contribution is 2.41. The summed E-state index contributed by atoms with van der Waals surface area (Å²) in [5.74, 6) is 1.79. The Balaban J connectivity index is 1.57. The first kappa shape index (κ1) is 27.8. The fourth-order valence-electron chi connectivity index (χ4n) is 4.12. The highest BCUT2D eigenvalue weighted by molar-refractivity contribution is 7.98. The minimum atomic E-state index is -2.61. The SMILES string of the molecule is CCO[Si](CCCSCc1nc(-c2ccc(C)s2)c2nsnc2c1-c1ccc(C)s1)(OCC)OCC. The quantitative estimate of drug-likeness (QED) is 0.111. The van der Waals surface area contributed by atoms with E-state index in [4.69, 9.17) is 22.6 Å². The molecule has 0 radical (unpaired) electrons. The molecule has 0 atom stereocenters. The fourth-order valence-corrected chi connectivity index (χ4v) is 10.2. The maximum Gasteiger partial charge on any atom is 0.500 e. The second-order valence-corrected chi connectivity index (χ2v) is 15.1. The van der Waals surface area contributed by atoms with E-state index in [2.05, 4.69) is 42.5 Å². The molecule has 0 spiro atoms. The molecule has 0 amide bonds. The van der Waals surface area contributed by atoms with Crippen LogP contribution in [0.15, 0.2) is 24.3 Å². The van der Waals surface area contributed by atoms with Gasteiger partial charge in [0.15, 0.2) is 0 Å². The molecule has 4 aromatic heterocycles. The van der Waals surface area contributed by atoms with E-state index in [0.717, 1.165) is 56.8 Å². The number of rotatable bonds is 14. The average Bonchev–Trinajstić information content (AvgIpc) is 3.60. The maximum absolute atomic E-state index is 6.02. The summed E-state index contributed by atoms with van der Waals surface area (Å²) in [6.07, 6.45) is 0.974. The minimum absolute atomic E-state index is 0.611. The lowest BCUT2D eigenvalue weighted by Gasteiger charge is -2.28. The van der Waals surface area contributed by atoms with Crippen LogP contribution in [0.3, 0.4) is 0 Å². The lowest BCUT2D eigenvalue weighted by molar-refractivity contribution is 0.0712. The molecule has 36 heavy (non-hydrogen) atoms. The summed E-state index contributed by atoms with van der Waals surface area (Å²) in [5, 5.41) is 0. The number of thiophene rings is 2. The number of aromatic nitrogens is 3. The number of hydrogen-bond donors (Lipinski definition) is 0. The molecule has 194 valence electrons. The molecule has 0 saturated heterocycles. The monoisotopic (exact) mass is 579 g/mol. The smallest absolute Gasteiger partial charge is 0.374 e. The number of pyridine rings is 1. The van der Waals surface area contributed by atoms with Crippen molar-refractivity contribution in [1.29, 1.82) is 0 Å². The van der Waals surface area contributed by atoms with E-state index in [-0.39, 0.29) is 0 Å². The summed E-state index contributed by atoms with van der Waals surface area (Å²) < 4.78 is 27.5. The van der Waals surface area contributed by atoms with Crippen LogP contribution in [0.1, 0.15) is 42.6 Å². The fraction of sp³-hybridized carbons (Fsp3) is 0.480. The molecule has 11 heteroatoms. The Morgan fingerprint density at radius 1 is 0.833 bits per heavy atom. The van der Waals surface area contributed by atoms with Gasteiger partial charge in [-0.15, -0.1) is 22.7 Å². The summed E-state index contributed by atoms with van der Waals surface area (Å²) in [6, 6.07) is 9.47. The minimum Gasteiger partial charge on any atom is -0.374 e. The second kappa shape index (κ2) is 13.1. The molecular weight excluding hydrogens is 547 g/mol. The van der Waals surface area contributed by atoms with E-state index in [0.29, 0.717) is 19.8 Å². The zero-order valence-corrected chi connectivity index (χ0v) is 25.7. The van der Waals surface area contributed by atoms with Crippen LogP contribution in [0, 0.1) is 13.8 Å². The zero-order chi connectivity index (χ0) is 25.5. The number of nitrogens with zero attached hydrogens (tertiary/aromatic N) is 3. The lowest BCUT2D eigenvalue weighted by atomic mass is 10.1. The van der Waals surface area contributed by atoms with Crippen LogP contribution < -0.4 is 0 Å². The second-order valence-electron chi connectivity index (χ2n) is 8.20. The van der Waals surface area contributed by atoms with Gasteiger partial charge >= 0.3 is 8.80 Å². The van der Waals surface area contributed by atoms with Crippen LogP contribution in [-0.4, -0.2) is 48.1 Å². The van der Waals surface area contributed by atoms with E-state index >= 15 is 0 Å². The molecular formula is C25H33N3O3S4Si. The Morgan fingerprint density at radius 3 is 2.03 bits per heavy atom. The topological polar surface area (TPSA) is 66.4 Å². The molecule has 0 saturated carbocycles. The van der Waals surface area contributed by atoms with Crippen molar-refractivity contribution in [3.8, 4) is 21.0 Å². The van der Waals surface area contributed by atoms with Gasteiger partial charge in [0, 0.05) is 51.8 Å². The van der Waals surface area contributed by atoms with Gasteiger partial charge in [-0.3, -0.25) is 0 Å². The number of thioether (sulfide) groups is 1. The van der Waals surface area contributed by atoms with Crippen molar-refractivity contribution in [1.82, 2.24) is 13.7 Å². The molecule has 6 nitrogen and oxygen atoms in total. The van der Waals surface area contributed by atoms with Crippen molar-refractivity contribution >= 4 is 66.0 Å². The third-order valence-electron chi connectivity index (χ3n) is 5.55. The average molecular weight is 580 g/mol. The standard InChI is InChI=1S/C25H33N3O3S4Si/c1-6-29-36(30-7-2,31-8-3)15-9-14-32-16-19-22(20-12-10-17(4)33-20)24-25(28-35-27-24)23(26-19)21-13-11-18(5)34-21/h10-13H,6-9,14-16H2,1-5H3. The van der Waals surface area contributed by atoms with Gasteiger partial charge in [0.05, 0.1) is 22.3 Å². The molecule has 4 rings (SSSR count). The van der Waals surface area contributed by atoms with Gasteiger partial charge < -0.3 is 13.3 Å². The number of aryl methyl sites for hydroxylation is 2. The normalized spacial score (nSPS) is 12.1. The lowest BCUT2D eigenvalue weighted by Crippen LogP contribution is -2.46. The largest absolute Gasteiger partial charge is 0.500 e. The Morgan fingerprint density at radius 2 is 1.44 bits per heavy atom. The van der Waals surface area contributed by atoms with Crippen molar-refractivity contribution < 1.29 is 13.3 Å². The molecule has 0 aliphatic heterocycles. The summed E-state index contributed by atoms with van der Waals surface area (Å²) in [5.41, 5.74) is 5.01. The third kappa shape index (κ3) is 6.44. The Hall–Kier alpha value is -1.18. The highest BCUT2D eigenvalue weighted by Gasteiger charge is 2.39. The van der Waals surface area contributed by atoms with Crippen molar-refractivity contribution in [3.63, 3.8) is 0 Å². The van der Waals surface area contributed by atoms with Crippen LogP contribution in [0.5, 0.6) is 0 Å². The van der Waals surface area contributed by atoms with Crippen molar-refractivity contribution in [2.45, 2.75) is 52.8 Å². The van der Waals surface area contributed by atoms with E-state index in [1.165, 1.54) is 26.4 Å². The maximum atomic E-state index is 6.02. The van der Waals surface area contributed by atoms with Crippen LogP contribution in [0.4, 0.5) is 0 Å². The molecule has 0 aliphatic rings. The van der Waals surface area contributed by atoms with Gasteiger partial charge in [-0.1, -0.05) is 0 Å². The molecule has 4 aromatic rings. The van der Waals surface area contributed by atoms with Crippen LogP contribution in [0.25, 0.3) is 32.0 Å². The van der Waals surface area contributed by atoms with E-state index in [1.807, 2.05) is 32.5 Å². The van der Waals surface area contributed by atoms with Crippen molar-refractivity contribution in [3.05, 3.63) is 39.7 Å². The van der Waals surface area contributed by atoms with Gasteiger partial charge in [-0.2, -0.15) is 20.5 Å². The van der Waals surface area contributed by atoms with Gasteiger partial charge in [0.2, 0.25) is 0 Å². The Kier molecular flexibility index (Phi) is 10.1. The van der Waals surface area contributed by atoms with Crippen LogP contribution >= 0.6 is 46.2 Å². The molecule has 0 fully saturated rings. The molecule has 0 N–H and O–H groups in total. The van der Waals surface area contributed by atoms with Crippen molar-refractivity contribution in [2.75, 3.05) is 25.6 Å². The Labute approximate surface area is 231 Å². The van der Waals surface area contributed by atoms with E-state index in [1.54, 1.807) is 22.7 Å². The highest BCUT2D eigenvalue weighted by atomic mass is 32.2. The molecule has 0 unspecified atom stereocenters. The van der Waals surface area contributed by atoms with Crippen LogP contribution in [-0.2, 0) is 19.0 Å². The van der Waals surface area contributed by atoms with Crippen molar-refractivity contribution in [2.24, 2.45) is 0 Å². The van der Waals surface area contributed by atoms with Gasteiger partial charge in [-0.25, -0.2) is 4.98 Å².